The predicted molar refractivity (Wildman–Crippen MR) is 126 cm³/mol. The Labute approximate surface area is 193 Å². The van der Waals surface area contributed by atoms with Crippen LogP contribution >= 0.6 is 0 Å². The molecule has 2 N–H and O–H groups in total. The van der Waals surface area contributed by atoms with Crippen LogP contribution in [0.2, 0.25) is 0 Å². The van der Waals surface area contributed by atoms with E-state index in [1.165, 1.54) is 6.07 Å². The molecule has 1 saturated heterocycles. The molecule has 7 nitrogen and oxygen atoms in total. The van der Waals surface area contributed by atoms with E-state index in [0.717, 1.165) is 19.0 Å². The lowest BCUT2D eigenvalue weighted by Gasteiger charge is -2.53. The first-order valence-electron chi connectivity index (χ1n) is 11.0. The van der Waals surface area contributed by atoms with Crippen LogP contribution in [0.5, 0.6) is 0 Å². The van der Waals surface area contributed by atoms with Crippen molar-refractivity contribution < 1.29 is 8.78 Å². The molecule has 3 heterocycles. The van der Waals surface area contributed by atoms with E-state index < -0.39 is 11.6 Å². The summed E-state index contributed by atoms with van der Waals surface area (Å²) in [6.45, 7) is 8.76. The number of nitrogens with one attached hydrogen (secondary N) is 2. The van der Waals surface area contributed by atoms with Crippen molar-refractivity contribution in [3.63, 3.8) is 0 Å². The molecule has 9 heteroatoms. The van der Waals surface area contributed by atoms with Gasteiger partial charge in [-0.1, -0.05) is 0 Å². The molecule has 2 aromatic heterocycles. The highest BCUT2D eigenvalue weighted by Crippen LogP contribution is 2.38. The van der Waals surface area contributed by atoms with Gasteiger partial charge in [-0.15, -0.1) is 0 Å². The summed E-state index contributed by atoms with van der Waals surface area (Å²) in [5.74, 6) is -0.586. The molecular formula is C24H31F2N7. The highest BCUT2D eigenvalue weighted by atomic mass is 19.1. The van der Waals surface area contributed by atoms with Crippen LogP contribution in [0.4, 0.5) is 26.2 Å². The summed E-state index contributed by atoms with van der Waals surface area (Å²) in [6, 6.07) is 4.82. The first kappa shape index (κ1) is 23.1. The fourth-order valence-corrected chi connectivity index (χ4v) is 4.71. The van der Waals surface area contributed by atoms with Gasteiger partial charge in [-0.3, -0.25) is 9.58 Å². The average molecular weight is 456 g/mol. The van der Waals surface area contributed by atoms with Crippen molar-refractivity contribution in [3.05, 3.63) is 48.4 Å². The zero-order valence-corrected chi connectivity index (χ0v) is 19.9. The monoisotopic (exact) mass is 455 g/mol. The first-order chi connectivity index (χ1) is 15.4. The highest BCUT2D eigenvalue weighted by molar-refractivity contribution is 5.67. The standard InChI is InChI=1S/C24H31F2N7/c1-23(2)10-17(11-24(3,4)33(23)6)29-21-20(26)13-27-22(31-21)30-16-7-8-18(19(25)9-16)15-12-28-32(5)14-15/h7-9,12-14,17H,10-11H2,1-6H3,(H2,27,29,30,31). The van der Waals surface area contributed by atoms with E-state index in [2.05, 4.69) is 65.3 Å². The summed E-state index contributed by atoms with van der Waals surface area (Å²) in [6.07, 6.45) is 6.18. The number of piperidine rings is 1. The van der Waals surface area contributed by atoms with Gasteiger partial charge in [-0.05, 0) is 65.8 Å². The molecular weight excluding hydrogens is 424 g/mol. The van der Waals surface area contributed by atoms with E-state index in [0.29, 0.717) is 16.8 Å². The van der Waals surface area contributed by atoms with Crippen molar-refractivity contribution in [1.82, 2.24) is 24.6 Å². The number of nitrogens with zero attached hydrogens (tertiary/aromatic N) is 5. The van der Waals surface area contributed by atoms with Crippen molar-refractivity contribution in [1.29, 1.82) is 0 Å². The smallest absolute Gasteiger partial charge is 0.229 e. The Morgan fingerprint density at radius 3 is 2.30 bits per heavy atom. The minimum atomic E-state index is -0.520. The Balaban J connectivity index is 1.51. The quantitative estimate of drug-likeness (QED) is 0.567. The van der Waals surface area contributed by atoms with Crippen LogP contribution in [0.25, 0.3) is 11.1 Å². The van der Waals surface area contributed by atoms with Gasteiger partial charge in [-0.25, -0.2) is 13.8 Å². The van der Waals surface area contributed by atoms with Crippen molar-refractivity contribution in [3.8, 4) is 11.1 Å². The molecule has 3 aromatic rings. The van der Waals surface area contributed by atoms with Crippen LogP contribution in [-0.4, -0.2) is 48.8 Å². The van der Waals surface area contributed by atoms with E-state index in [9.17, 15) is 8.78 Å². The molecule has 0 bridgehead atoms. The van der Waals surface area contributed by atoms with Crippen LogP contribution in [-0.2, 0) is 7.05 Å². The number of hydrogen-bond acceptors (Lipinski definition) is 6. The van der Waals surface area contributed by atoms with Crippen LogP contribution in [0.15, 0.2) is 36.8 Å². The summed E-state index contributed by atoms with van der Waals surface area (Å²) < 4.78 is 30.8. The van der Waals surface area contributed by atoms with Gasteiger partial charge in [0.2, 0.25) is 5.95 Å². The molecule has 0 amide bonds. The molecule has 0 saturated carbocycles. The third-order valence-electron chi connectivity index (χ3n) is 6.63. The number of likely N-dealkylation sites (tertiary alicyclic amines) is 1. The highest BCUT2D eigenvalue weighted by Gasteiger charge is 2.43. The van der Waals surface area contributed by atoms with E-state index in [-0.39, 0.29) is 28.9 Å². The maximum absolute atomic E-state index is 14.7. The van der Waals surface area contributed by atoms with Gasteiger partial charge in [-0.2, -0.15) is 10.1 Å². The zero-order chi connectivity index (χ0) is 24.0. The third-order valence-corrected chi connectivity index (χ3v) is 6.63. The van der Waals surface area contributed by atoms with E-state index in [1.54, 1.807) is 36.3 Å². The van der Waals surface area contributed by atoms with E-state index >= 15 is 0 Å². The number of halogens is 2. The Kier molecular flexibility index (Phi) is 5.86. The van der Waals surface area contributed by atoms with Crippen molar-refractivity contribution >= 4 is 17.5 Å². The largest absolute Gasteiger partial charge is 0.365 e. The molecule has 0 aliphatic carbocycles. The van der Waals surface area contributed by atoms with E-state index in [4.69, 9.17) is 0 Å². The molecule has 1 fully saturated rings. The second-order valence-corrected chi connectivity index (χ2v) is 10.0. The van der Waals surface area contributed by atoms with Gasteiger partial charge >= 0.3 is 0 Å². The summed E-state index contributed by atoms with van der Waals surface area (Å²) in [4.78, 5) is 10.7. The number of aryl methyl sites for hydroxylation is 1. The van der Waals surface area contributed by atoms with Crippen LogP contribution in [0, 0.1) is 11.6 Å². The molecule has 1 aliphatic heterocycles. The number of hydrogen-bond donors (Lipinski definition) is 2. The summed E-state index contributed by atoms with van der Waals surface area (Å²) >= 11 is 0. The lowest BCUT2D eigenvalue weighted by Crippen LogP contribution is -2.61. The Hall–Kier alpha value is -3.07. The molecule has 1 aliphatic rings. The topological polar surface area (TPSA) is 70.9 Å². The van der Waals surface area contributed by atoms with Gasteiger partial charge in [0, 0.05) is 47.2 Å². The Morgan fingerprint density at radius 2 is 1.70 bits per heavy atom. The van der Waals surface area contributed by atoms with Crippen molar-refractivity contribution in [2.75, 3.05) is 17.7 Å². The van der Waals surface area contributed by atoms with Crippen LogP contribution < -0.4 is 10.6 Å². The first-order valence-corrected chi connectivity index (χ1v) is 11.0. The molecule has 4 rings (SSSR count). The fourth-order valence-electron chi connectivity index (χ4n) is 4.71. The summed E-state index contributed by atoms with van der Waals surface area (Å²) in [7, 11) is 3.91. The molecule has 0 unspecified atom stereocenters. The normalized spacial score (nSPS) is 18.3. The summed E-state index contributed by atoms with van der Waals surface area (Å²) in [5.41, 5.74) is 1.52. The lowest BCUT2D eigenvalue weighted by atomic mass is 9.77. The minimum absolute atomic E-state index is 0.0441. The van der Waals surface area contributed by atoms with Gasteiger partial charge < -0.3 is 10.6 Å². The Morgan fingerprint density at radius 1 is 1.00 bits per heavy atom. The maximum atomic E-state index is 14.7. The van der Waals surface area contributed by atoms with Crippen molar-refractivity contribution in [2.45, 2.75) is 57.7 Å². The Bertz CT molecular complexity index is 1140. The molecule has 1 aromatic carbocycles. The summed E-state index contributed by atoms with van der Waals surface area (Å²) in [5, 5.41) is 10.3. The van der Waals surface area contributed by atoms with Gasteiger partial charge in [0.05, 0.1) is 12.4 Å². The van der Waals surface area contributed by atoms with Crippen LogP contribution in [0.3, 0.4) is 0 Å². The molecule has 176 valence electrons. The number of benzene rings is 1. The fraction of sp³-hybridized carbons (Fsp3) is 0.458. The van der Waals surface area contributed by atoms with Crippen LogP contribution in [0.1, 0.15) is 40.5 Å². The molecule has 0 spiro atoms. The van der Waals surface area contributed by atoms with E-state index in [1.807, 2.05) is 0 Å². The lowest BCUT2D eigenvalue weighted by molar-refractivity contribution is -0.00778. The maximum Gasteiger partial charge on any atom is 0.229 e. The molecule has 33 heavy (non-hydrogen) atoms. The average Bonchev–Trinajstić information content (AvgIpc) is 3.14. The SMILES string of the molecule is CN1C(C)(C)CC(Nc2nc(Nc3ccc(-c4cnn(C)c4)c(F)c3)ncc2F)CC1(C)C. The number of aromatic nitrogens is 4. The number of rotatable bonds is 5. The van der Waals surface area contributed by atoms with Gasteiger partial charge in [0.1, 0.15) is 5.82 Å². The van der Waals surface area contributed by atoms with Crippen molar-refractivity contribution in [2.24, 2.45) is 7.05 Å². The second kappa shape index (κ2) is 8.37. The number of anilines is 3. The predicted octanol–water partition coefficient (Wildman–Crippen LogP) is 4.96. The van der Waals surface area contributed by atoms with Gasteiger partial charge in [0.25, 0.3) is 0 Å². The van der Waals surface area contributed by atoms with Gasteiger partial charge in [0.15, 0.2) is 11.6 Å². The third kappa shape index (κ3) is 4.83. The molecule has 0 atom stereocenters. The second-order valence-electron chi connectivity index (χ2n) is 10.0. The zero-order valence-electron chi connectivity index (χ0n) is 19.9. The minimum Gasteiger partial charge on any atom is -0.365 e. The molecule has 0 radical (unpaired) electrons.